The van der Waals surface area contributed by atoms with Crippen molar-refractivity contribution < 1.29 is 9.59 Å². The molecule has 0 bridgehead atoms. The lowest BCUT2D eigenvalue weighted by atomic mass is 10.1. The van der Waals surface area contributed by atoms with Crippen molar-refractivity contribution >= 4 is 17.5 Å². The van der Waals surface area contributed by atoms with Gasteiger partial charge in [-0.15, -0.1) is 0 Å². The average Bonchev–Trinajstić information content (AvgIpc) is 2.55. The third-order valence-electron chi connectivity index (χ3n) is 3.72. The summed E-state index contributed by atoms with van der Waals surface area (Å²) in [6, 6.07) is 14.3. The van der Waals surface area contributed by atoms with Crippen molar-refractivity contribution in [2.45, 2.75) is 19.9 Å². The number of nitrogens with two attached hydrogens (primary N) is 2. The fourth-order valence-electron chi connectivity index (χ4n) is 2.30. The van der Waals surface area contributed by atoms with E-state index in [1.807, 2.05) is 38.1 Å². The first-order chi connectivity index (χ1) is 11.4. The maximum absolute atomic E-state index is 12.2. The minimum Gasteiger partial charge on any atom is -0.398 e. The summed E-state index contributed by atoms with van der Waals surface area (Å²) in [6.07, 6.45) is 0. The molecule has 6 nitrogen and oxygen atoms in total. The number of para-hydroxylation sites is 1. The van der Waals surface area contributed by atoms with Crippen molar-refractivity contribution in [3.63, 3.8) is 0 Å². The second-order valence-corrected chi connectivity index (χ2v) is 5.72. The Morgan fingerprint density at radius 3 is 2.38 bits per heavy atom. The number of hydrazine groups is 1. The van der Waals surface area contributed by atoms with Gasteiger partial charge in [-0.3, -0.25) is 14.6 Å². The van der Waals surface area contributed by atoms with E-state index in [-0.39, 0.29) is 24.1 Å². The van der Waals surface area contributed by atoms with Gasteiger partial charge in [-0.05, 0) is 31.5 Å². The summed E-state index contributed by atoms with van der Waals surface area (Å²) in [5, 5.41) is 3.69. The highest BCUT2D eigenvalue weighted by Crippen LogP contribution is 2.14. The van der Waals surface area contributed by atoms with E-state index in [0.29, 0.717) is 5.69 Å². The van der Waals surface area contributed by atoms with Crippen LogP contribution < -0.4 is 16.9 Å². The fraction of sp³-hybridized carbons (Fsp3) is 0.222. The standard InChI is InChI=1S/C18H22N4O2/c1-12-7-9-14(10-8-12)13(2)21-17(23)11-22(20)18(24)15-5-3-4-6-16(15)19/h3-10,13H,11,19-20H2,1-2H3,(H,21,23). The highest BCUT2D eigenvalue weighted by molar-refractivity contribution is 6.00. The van der Waals surface area contributed by atoms with E-state index < -0.39 is 5.91 Å². The topological polar surface area (TPSA) is 101 Å². The van der Waals surface area contributed by atoms with Gasteiger partial charge < -0.3 is 11.1 Å². The van der Waals surface area contributed by atoms with Gasteiger partial charge in [0.05, 0.1) is 11.6 Å². The first-order valence-electron chi connectivity index (χ1n) is 7.65. The molecule has 1 unspecified atom stereocenters. The van der Waals surface area contributed by atoms with Crippen LogP contribution in [0.1, 0.15) is 34.5 Å². The first-order valence-corrected chi connectivity index (χ1v) is 7.65. The summed E-state index contributed by atoms with van der Waals surface area (Å²) in [5.41, 5.74) is 8.49. The number of amides is 2. The molecule has 0 aromatic heterocycles. The van der Waals surface area contributed by atoms with E-state index in [4.69, 9.17) is 11.6 Å². The Morgan fingerprint density at radius 2 is 1.75 bits per heavy atom. The van der Waals surface area contributed by atoms with Crippen LogP contribution in [0.5, 0.6) is 0 Å². The normalized spacial score (nSPS) is 11.6. The van der Waals surface area contributed by atoms with Gasteiger partial charge in [0, 0.05) is 5.69 Å². The van der Waals surface area contributed by atoms with Crippen molar-refractivity contribution in [3.05, 3.63) is 65.2 Å². The lowest BCUT2D eigenvalue weighted by molar-refractivity contribution is -0.122. The molecule has 0 heterocycles. The molecule has 6 heteroatoms. The van der Waals surface area contributed by atoms with Gasteiger partial charge in [-0.25, -0.2) is 5.84 Å². The minimum absolute atomic E-state index is 0.177. The van der Waals surface area contributed by atoms with Gasteiger partial charge in [-0.2, -0.15) is 0 Å². The molecule has 2 rings (SSSR count). The molecular formula is C18H22N4O2. The smallest absolute Gasteiger partial charge is 0.270 e. The Balaban J connectivity index is 1.95. The highest BCUT2D eigenvalue weighted by atomic mass is 16.2. The molecule has 0 radical (unpaired) electrons. The third-order valence-corrected chi connectivity index (χ3v) is 3.72. The zero-order valence-corrected chi connectivity index (χ0v) is 13.8. The summed E-state index contributed by atoms with van der Waals surface area (Å²) in [5.74, 6) is 4.89. The van der Waals surface area contributed by atoms with Crippen molar-refractivity contribution in [1.82, 2.24) is 10.3 Å². The van der Waals surface area contributed by atoms with Crippen molar-refractivity contribution in [2.75, 3.05) is 12.3 Å². The van der Waals surface area contributed by atoms with E-state index in [2.05, 4.69) is 5.32 Å². The van der Waals surface area contributed by atoms with Crippen molar-refractivity contribution in [3.8, 4) is 0 Å². The van der Waals surface area contributed by atoms with Gasteiger partial charge in [0.15, 0.2) is 0 Å². The van der Waals surface area contributed by atoms with Crippen LogP contribution in [0.3, 0.4) is 0 Å². The lowest BCUT2D eigenvalue weighted by Gasteiger charge is -2.19. The van der Waals surface area contributed by atoms with Crippen molar-refractivity contribution in [2.24, 2.45) is 5.84 Å². The molecule has 1 atom stereocenters. The molecule has 0 spiro atoms. The molecule has 0 saturated heterocycles. The van der Waals surface area contributed by atoms with Crippen LogP contribution in [0.2, 0.25) is 0 Å². The Kier molecular flexibility index (Phi) is 5.55. The van der Waals surface area contributed by atoms with Crippen LogP contribution in [0, 0.1) is 6.92 Å². The summed E-state index contributed by atoms with van der Waals surface area (Å²) in [4.78, 5) is 24.3. The van der Waals surface area contributed by atoms with Crippen LogP contribution in [0.25, 0.3) is 0 Å². The number of aryl methyl sites for hydroxylation is 1. The number of nitrogen functional groups attached to an aromatic ring is 1. The van der Waals surface area contributed by atoms with Crippen LogP contribution >= 0.6 is 0 Å². The maximum atomic E-state index is 12.2. The Hall–Kier alpha value is -2.86. The number of hydrogen-bond donors (Lipinski definition) is 3. The van der Waals surface area contributed by atoms with Gasteiger partial charge >= 0.3 is 0 Å². The van der Waals surface area contributed by atoms with Gasteiger partial charge in [0.1, 0.15) is 6.54 Å². The molecule has 0 aliphatic rings. The summed E-state index contributed by atoms with van der Waals surface area (Å²) >= 11 is 0. The minimum atomic E-state index is -0.494. The molecule has 5 N–H and O–H groups in total. The Labute approximate surface area is 141 Å². The lowest BCUT2D eigenvalue weighted by Crippen LogP contribution is -2.45. The molecule has 2 aromatic carbocycles. The quantitative estimate of drug-likeness (QED) is 0.337. The van der Waals surface area contributed by atoms with E-state index in [9.17, 15) is 9.59 Å². The molecule has 0 fully saturated rings. The second kappa shape index (κ2) is 7.61. The summed E-state index contributed by atoms with van der Waals surface area (Å²) < 4.78 is 0. The molecule has 2 amide bonds. The zero-order chi connectivity index (χ0) is 17.7. The van der Waals surface area contributed by atoms with Gasteiger partial charge in [0.25, 0.3) is 5.91 Å². The van der Waals surface area contributed by atoms with Gasteiger partial charge in [0.2, 0.25) is 5.91 Å². The number of carbonyl (C=O) groups excluding carboxylic acids is 2. The number of nitrogens with zero attached hydrogens (tertiary/aromatic N) is 1. The number of carbonyl (C=O) groups is 2. The van der Waals surface area contributed by atoms with E-state index in [0.717, 1.165) is 16.1 Å². The van der Waals surface area contributed by atoms with Crippen LogP contribution in [-0.4, -0.2) is 23.4 Å². The fourth-order valence-corrected chi connectivity index (χ4v) is 2.30. The zero-order valence-electron chi connectivity index (χ0n) is 13.8. The Bertz CT molecular complexity index is 728. The molecule has 24 heavy (non-hydrogen) atoms. The van der Waals surface area contributed by atoms with Crippen LogP contribution in [0.4, 0.5) is 5.69 Å². The van der Waals surface area contributed by atoms with E-state index in [1.54, 1.807) is 24.3 Å². The first kappa shape index (κ1) is 17.5. The number of benzene rings is 2. The summed E-state index contributed by atoms with van der Waals surface area (Å²) in [6.45, 7) is 3.63. The molecule has 0 saturated carbocycles. The number of anilines is 1. The molecule has 0 aliphatic carbocycles. The van der Waals surface area contributed by atoms with Gasteiger partial charge in [-0.1, -0.05) is 42.0 Å². The third kappa shape index (κ3) is 4.33. The SMILES string of the molecule is Cc1ccc(C(C)NC(=O)CN(N)C(=O)c2ccccc2N)cc1. The van der Waals surface area contributed by atoms with E-state index in [1.165, 1.54) is 0 Å². The van der Waals surface area contributed by atoms with E-state index >= 15 is 0 Å². The maximum Gasteiger partial charge on any atom is 0.270 e. The van der Waals surface area contributed by atoms with Crippen LogP contribution in [0.15, 0.2) is 48.5 Å². The number of hydrogen-bond acceptors (Lipinski definition) is 4. The van der Waals surface area contributed by atoms with Crippen LogP contribution in [-0.2, 0) is 4.79 Å². The molecular weight excluding hydrogens is 304 g/mol. The molecule has 2 aromatic rings. The predicted octanol–water partition coefficient (Wildman–Crippen LogP) is 1.77. The largest absolute Gasteiger partial charge is 0.398 e. The number of rotatable bonds is 5. The predicted molar refractivity (Wildman–Crippen MR) is 93.8 cm³/mol. The molecule has 126 valence electrons. The second-order valence-electron chi connectivity index (χ2n) is 5.72. The number of nitrogens with one attached hydrogen (secondary N) is 1. The summed E-state index contributed by atoms with van der Waals surface area (Å²) in [7, 11) is 0. The molecule has 0 aliphatic heterocycles. The highest BCUT2D eigenvalue weighted by Gasteiger charge is 2.18. The average molecular weight is 326 g/mol. The Morgan fingerprint density at radius 1 is 1.12 bits per heavy atom. The monoisotopic (exact) mass is 326 g/mol. The van der Waals surface area contributed by atoms with Crippen molar-refractivity contribution in [1.29, 1.82) is 0 Å².